The molecule has 11 nitrogen and oxygen atoms in total. The number of anilines is 1. The second-order valence-corrected chi connectivity index (χ2v) is 15.6. The van der Waals surface area contributed by atoms with Crippen LogP contribution in [0.2, 0.25) is 0 Å². The van der Waals surface area contributed by atoms with Gasteiger partial charge in [0.2, 0.25) is 11.8 Å². The van der Waals surface area contributed by atoms with Gasteiger partial charge in [0, 0.05) is 42.4 Å². The van der Waals surface area contributed by atoms with Crippen molar-refractivity contribution in [3.05, 3.63) is 30.0 Å². The number of likely N-dealkylation sites (tertiary alicyclic amines) is 2. The van der Waals surface area contributed by atoms with Gasteiger partial charge in [0.1, 0.15) is 24.0 Å². The minimum atomic E-state index is -0.716. The standard InChI is InChI=1S/C38H54FN5O6/c1-6-38(7-2)44-29-16-15-27(21-26(29)22-31(44)35(47)49-38)40-33(45)32-30(42-18-9-8-10-19-42)17-20-43(32)34(46)25-13-11-24(12-14-25)28(23-39)41-36(48)50-37(3,4)5/h15-16,21-22,24-25,28,30,32H,6-14,17-20,23H2,1-5H3,(H,40,45)(H,41,48)/t24-,25-,28-,30-,32+/m1/s1. The summed E-state index contributed by atoms with van der Waals surface area (Å²) < 4.78 is 27.2. The fourth-order valence-corrected chi connectivity index (χ4v) is 8.80. The zero-order valence-electron chi connectivity index (χ0n) is 30.3. The Balaban J connectivity index is 1.17. The van der Waals surface area contributed by atoms with Crippen LogP contribution in [0.1, 0.15) is 109 Å². The Morgan fingerprint density at radius 2 is 1.70 bits per heavy atom. The van der Waals surface area contributed by atoms with Gasteiger partial charge in [-0.25, -0.2) is 14.0 Å². The van der Waals surface area contributed by atoms with E-state index in [1.807, 2.05) is 42.7 Å². The Morgan fingerprint density at radius 3 is 2.34 bits per heavy atom. The average molecular weight is 696 g/mol. The summed E-state index contributed by atoms with van der Waals surface area (Å²) in [7, 11) is 0. The predicted octanol–water partition coefficient (Wildman–Crippen LogP) is 6.35. The molecular formula is C38H54FN5O6. The largest absolute Gasteiger partial charge is 0.444 e. The molecule has 2 saturated heterocycles. The molecule has 3 fully saturated rings. The van der Waals surface area contributed by atoms with E-state index in [4.69, 9.17) is 9.47 Å². The van der Waals surface area contributed by atoms with Gasteiger partial charge in [-0.2, -0.15) is 0 Å². The molecule has 4 heterocycles. The molecule has 274 valence electrons. The van der Waals surface area contributed by atoms with E-state index in [9.17, 15) is 23.6 Å². The number of cyclic esters (lactones) is 1. The number of nitrogens with zero attached hydrogens (tertiary/aromatic N) is 3. The molecule has 4 aliphatic rings. The van der Waals surface area contributed by atoms with E-state index in [1.165, 1.54) is 6.42 Å². The fourth-order valence-electron chi connectivity index (χ4n) is 8.80. The third kappa shape index (κ3) is 7.09. The summed E-state index contributed by atoms with van der Waals surface area (Å²) in [6.07, 6.45) is 7.07. The Hall–Kier alpha value is -3.67. The molecule has 6 rings (SSSR count). The van der Waals surface area contributed by atoms with E-state index in [1.54, 1.807) is 25.7 Å². The van der Waals surface area contributed by atoms with E-state index < -0.39 is 36.2 Å². The first-order valence-corrected chi connectivity index (χ1v) is 18.7. The third-order valence-corrected chi connectivity index (χ3v) is 11.4. The number of alkyl halides is 1. The van der Waals surface area contributed by atoms with E-state index >= 15 is 0 Å². The van der Waals surface area contributed by atoms with Gasteiger partial charge in [0.15, 0.2) is 5.72 Å². The van der Waals surface area contributed by atoms with Gasteiger partial charge in [-0.05, 0) is 109 Å². The number of ether oxygens (including phenoxy) is 2. The van der Waals surface area contributed by atoms with Gasteiger partial charge in [-0.3, -0.25) is 19.1 Å². The van der Waals surface area contributed by atoms with Crippen molar-refractivity contribution in [1.82, 2.24) is 19.7 Å². The van der Waals surface area contributed by atoms with Crippen LogP contribution in [0.3, 0.4) is 0 Å². The van der Waals surface area contributed by atoms with Crippen LogP contribution in [-0.4, -0.2) is 88.3 Å². The molecule has 1 aromatic heterocycles. The van der Waals surface area contributed by atoms with Crippen LogP contribution in [0.15, 0.2) is 24.3 Å². The summed E-state index contributed by atoms with van der Waals surface area (Å²) in [5.74, 6) is -0.925. The summed E-state index contributed by atoms with van der Waals surface area (Å²) in [4.78, 5) is 57.8. The maximum absolute atomic E-state index is 14.3. The van der Waals surface area contributed by atoms with Crippen molar-refractivity contribution in [1.29, 1.82) is 0 Å². The predicted molar refractivity (Wildman–Crippen MR) is 188 cm³/mol. The minimum Gasteiger partial charge on any atom is -0.444 e. The van der Waals surface area contributed by atoms with Crippen molar-refractivity contribution in [2.24, 2.45) is 11.8 Å². The SMILES string of the molecule is CCC1(CC)OC(=O)c2cc3cc(NC(=O)[C@@H]4[C@H](N5CCCCC5)CCN4C(=O)[C@H]4CC[C@H]([C@@H](CF)NC(=O)OC(C)(C)C)CC4)ccc3n21. The van der Waals surface area contributed by atoms with Crippen molar-refractivity contribution in [3.8, 4) is 0 Å². The van der Waals surface area contributed by atoms with Crippen LogP contribution in [0.4, 0.5) is 14.9 Å². The van der Waals surface area contributed by atoms with Crippen LogP contribution >= 0.6 is 0 Å². The zero-order valence-corrected chi connectivity index (χ0v) is 30.3. The van der Waals surface area contributed by atoms with Crippen molar-refractivity contribution in [2.75, 3.05) is 31.6 Å². The molecular weight excluding hydrogens is 641 g/mol. The van der Waals surface area contributed by atoms with Crippen LogP contribution in [0, 0.1) is 11.8 Å². The molecule has 12 heteroatoms. The lowest BCUT2D eigenvalue weighted by atomic mass is 9.78. The van der Waals surface area contributed by atoms with Gasteiger partial charge >= 0.3 is 12.1 Å². The Labute approximate surface area is 294 Å². The monoisotopic (exact) mass is 695 g/mol. The number of amides is 3. The molecule has 3 aliphatic heterocycles. The van der Waals surface area contributed by atoms with E-state index in [2.05, 4.69) is 15.5 Å². The Bertz CT molecular complexity index is 1580. The number of benzene rings is 1. The Kier molecular flexibility index (Phi) is 10.5. The highest BCUT2D eigenvalue weighted by molar-refractivity contribution is 6.02. The molecule has 0 bridgehead atoms. The molecule has 3 atom stereocenters. The van der Waals surface area contributed by atoms with Crippen LogP contribution in [0.25, 0.3) is 10.9 Å². The number of alkyl carbamates (subject to hydrolysis) is 1. The first-order valence-electron chi connectivity index (χ1n) is 18.7. The second kappa shape index (κ2) is 14.5. The Morgan fingerprint density at radius 1 is 1.00 bits per heavy atom. The first-order chi connectivity index (χ1) is 23.9. The number of hydrogen-bond acceptors (Lipinski definition) is 7. The maximum Gasteiger partial charge on any atom is 0.407 e. The topological polar surface area (TPSA) is 122 Å². The van der Waals surface area contributed by atoms with Crippen LogP contribution in [-0.2, 0) is 24.8 Å². The highest BCUT2D eigenvalue weighted by Crippen LogP contribution is 2.41. The summed E-state index contributed by atoms with van der Waals surface area (Å²) in [5, 5.41) is 6.69. The van der Waals surface area contributed by atoms with Gasteiger partial charge in [-0.1, -0.05) is 20.3 Å². The van der Waals surface area contributed by atoms with Crippen molar-refractivity contribution in [3.63, 3.8) is 0 Å². The van der Waals surface area contributed by atoms with Gasteiger partial charge in [0.05, 0.1) is 11.6 Å². The maximum atomic E-state index is 14.3. The van der Waals surface area contributed by atoms with E-state index in [0.29, 0.717) is 56.5 Å². The number of carbonyl (C=O) groups is 4. The average Bonchev–Trinajstić information content (AvgIpc) is 3.79. The smallest absolute Gasteiger partial charge is 0.407 e. The zero-order chi connectivity index (χ0) is 35.8. The fraction of sp³-hybridized carbons (Fsp3) is 0.684. The quantitative estimate of drug-likeness (QED) is 0.294. The van der Waals surface area contributed by atoms with Crippen molar-refractivity contribution >= 4 is 40.5 Å². The van der Waals surface area contributed by atoms with Crippen molar-refractivity contribution < 1.29 is 33.0 Å². The number of carbonyl (C=O) groups excluding carboxylic acids is 4. The molecule has 0 spiro atoms. The summed E-state index contributed by atoms with van der Waals surface area (Å²) in [6, 6.07) is 6.13. The summed E-state index contributed by atoms with van der Waals surface area (Å²) in [6.45, 7) is 10.9. The number of piperidine rings is 1. The molecule has 1 aromatic carbocycles. The number of esters is 1. The lowest BCUT2D eigenvalue weighted by Gasteiger charge is -2.38. The lowest BCUT2D eigenvalue weighted by Crippen LogP contribution is -2.55. The molecule has 2 aromatic rings. The minimum absolute atomic E-state index is 0.0201. The lowest BCUT2D eigenvalue weighted by molar-refractivity contribution is -0.142. The highest BCUT2D eigenvalue weighted by atomic mass is 19.1. The van der Waals surface area contributed by atoms with E-state index in [0.717, 1.165) is 43.3 Å². The number of hydrogen-bond donors (Lipinski definition) is 2. The molecule has 3 amide bonds. The molecule has 1 aliphatic carbocycles. The first kappa shape index (κ1) is 36.1. The molecule has 50 heavy (non-hydrogen) atoms. The number of rotatable bonds is 9. The summed E-state index contributed by atoms with van der Waals surface area (Å²) in [5.41, 5.74) is 0.611. The second-order valence-electron chi connectivity index (χ2n) is 15.6. The summed E-state index contributed by atoms with van der Waals surface area (Å²) >= 11 is 0. The van der Waals surface area contributed by atoms with Crippen LogP contribution in [0.5, 0.6) is 0 Å². The number of fused-ring (bicyclic) bond motifs is 3. The number of halogens is 1. The molecule has 2 N–H and O–H groups in total. The highest BCUT2D eigenvalue weighted by Gasteiger charge is 2.47. The van der Waals surface area contributed by atoms with Gasteiger partial charge in [-0.15, -0.1) is 0 Å². The van der Waals surface area contributed by atoms with Crippen LogP contribution < -0.4 is 10.6 Å². The van der Waals surface area contributed by atoms with Gasteiger partial charge < -0.3 is 25.0 Å². The molecule has 0 unspecified atom stereocenters. The normalized spacial score (nSPS) is 26.0. The number of aromatic nitrogens is 1. The van der Waals surface area contributed by atoms with Gasteiger partial charge in [0.25, 0.3) is 0 Å². The molecule has 0 radical (unpaired) electrons. The third-order valence-electron chi connectivity index (χ3n) is 11.4. The van der Waals surface area contributed by atoms with E-state index in [-0.39, 0.29) is 35.7 Å². The number of nitrogens with one attached hydrogen (secondary N) is 2. The van der Waals surface area contributed by atoms with Crippen molar-refractivity contribution in [2.45, 2.75) is 128 Å². The molecule has 1 saturated carbocycles.